The molecule has 164 valence electrons. The van der Waals surface area contributed by atoms with Crippen LogP contribution >= 0.6 is 27.3 Å². The smallest absolute Gasteiger partial charge is 0.276 e. The number of benzene rings is 1. The number of nitrogens with zero attached hydrogens (tertiary/aromatic N) is 4. The predicted molar refractivity (Wildman–Crippen MR) is 131 cm³/mol. The molecule has 0 aliphatic rings. The van der Waals surface area contributed by atoms with Gasteiger partial charge in [-0.2, -0.15) is 4.98 Å². The van der Waals surface area contributed by atoms with E-state index in [1.807, 2.05) is 42.6 Å². The van der Waals surface area contributed by atoms with Crippen molar-refractivity contribution in [2.75, 3.05) is 0 Å². The summed E-state index contributed by atoms with van der Waals surface area (Å²) in [4.78, 5) is 28.0. The summed E-state index contributed by atoms with van der Waals surface area (Å²) in [6.07, 6.45) is 1.76. The van der Waals surface area contributed by atoms with Crippen LogP contribution in [0, 0.1) is 13.8 Å². The zero-order chi connectivity index (χ0) is 22.8. The minimum atomic E-state index is -0.225. The zero-order valence-electron chi connectivity index (χ0n) is 18.3. The molecule has 0 bridgehead atoms. The highest BCUT2D eigenvalue weighted by Gasteiger charge is 2.16. The molecule has 0 N–H and O–H groups in total. The number of hydrogen-bond donors (Lipinski definition) is 0. The fraction of sp³-hybridized carbons (Fsp3) is 0.250. The quantitative estimate of drug-likeness (QED) is 0.326. The lowest BCUT2D eigenvalue weighted by atomic mass is 10.1. The highest BCUT2D eigenvalue weighted by molar-refractivity contribution is 9.10. The van der Waals surface area contributed by atoms with Gasteiger partial charge < -0.3 is 4.74 Å². The minimum Gasteiger partial charge on any atom is -0.472 e. The SMILES string of the molecule is Cc1cc(COc2nc(C)n(-c3cccc(-c4ccnc(C(C)C)n4)c3)c(=O)c2Br)cs1. The Morgan fingerprint density at radius 3 is 2.69 bits per heavy atom. The van der Waals surface area contributed by atoms with E-state index in [0.29, 0.717) is 28.5 Å². The molecular weight excluding hydrogens is 488 g/mol. The molecule has 0 aliphatic carbocycles. The van der Waals surface area contributed by atoms with E-state index < -0.39 is 0 Å². The van der Waals surface area contributed by atoms with Crippen LogP contribution in [-0.2, 0) is 6.61 Å². The van der Waals surface area contributed by atoms with Crippen molar-refractivity contribution in [3.05, 3.63) is 84.9 Å². The highest BCUT2D eigenvalue weighted by atomic mass is 79.9. The Balaban J connectivity index is 1.68. The Bertz CT molecular complexity index is 1330. The Morgan fingerprint density at radius 1 is 1.16 bits per heavy atom. The summed E-state index contributed by atoms with van der Waals surface area (Å²) in [5.41, 5.74) is 3.26. The summed E-state index contributed by atoms with van der Waals surface area (Å²) in [6.45, 7) is 8.33. The number of rotatable bonds is 6. The molecule has 0 amide bonds. The molecule has 8 heteroatoms. The molecule has 0 radical (unpaired) electrons. The van der Waals surface area contributed by atoms with Gasteiger partial charge in [-0.3, -0.25) is 9.36 Å². The van der Waals surface area contributed by atoms with Crippen LogP contribution in [0.5, 0.6) is 5.88 Å². The van der Waals surface area contributed by atoms with E-state index in [9.17, 15) is 4.79 Å². The maximum atomic E-state index is 13.2. The average Bonchev–Trinajstić information content (AvgIpc) is 3.20. The summed E-state index contributed by atoms with van der Waals surface area (Å²) in [6, 6.07) is 11.6. The molecule has 0 aliphatic heterocycles. The lowest BCUT2D eigenvalue weighted by Crippen LogP contribution is -2.23. The fourth-order valence-corrected chi connectivity index (χ4v) is 4.40. The van der Waals surface area contributed by atoms with E-state index in [0.717, 1.165) is 22.6 Å². The number of ether oxygens (including phenoxy) is 1. The van der Waals surface area contributed by atoms with E-state index in [1.54, 1.807) is 29.0 Å². The maximum Gasteiger partial charge on any atom is 0.276 e. The zero-order valence-corrected chi connectivity index (χ0v) is 20.7. The van der Waals surface area contributed by atoms with Crippen LogP contribution < -0.4 is 10.3 Å². The van der Waals surface area contributed by atoms with Crippen molar-refractivity contribution >= 4 is 27.3 Å². The Labute approximate surface area is 199 Å². The highest BCUT2D eigenvalue weighted by Crippen LogP contribution is 2.25. The first-order valence-corrected chi connectivity index (χ1v) is 11.9. The molecule has 0 saturated heterocycles. The molecule has 0 saturated carbocycles. The monoisotopic (exact) mass is 510 g/mol. The van der Waals surface area contributed by atoms with E-state index in [1.165, 1.54) is 4.88 Å². The topological polar surface area (TPSA) is 69.9 Å². The number of halogens is 1. The molecule has 4 aromatic rings. The van der Waals surface area contributed by atoms with Crippen molar-refractivity contribution in [3.63, 3.8) is 0 Å². The van der Waals surface area contributed by atoms with Gasteiger partial charge in [-0.15, -0.1) is 11.3 Å². The number of thiophene rings is 1. The molecule has 4 rings (SSSR count). The summed E-state index contributed by atoms with van der Waals surface area (Å²) >= 11 is 5.06. The average molecular weight is 511 g/mol. The van der Waals surface area contributed by atoms with E-state index >= 15 is 0 Å². The molecule has 0 unspecified atom stereocenters. The number of aromatic nitrogens is 4. The maximum absolute atomic E-state index is 13.2. The predicted octanol–water partition coefficient (Wildman–Crippen LogP) is 5.83. The van der Waals surface area contributed by atoms with Crippen LogP contribution in [0.3, 0.4) is 0 Å². The molecule has 1 aromatic carbocycles. The van der Waals surface area contributed by atoms with E-state index in [2.05, 4.69) is 50.8 Å². The first-order valence-electron chi connectivity index (χ1n) is 10.2. The van der Waals surface area contributed by atoms with Gasteiger partial charge in [0.2, 0.25) is 5.88 Å². The van der Waals surface area contributed by atoms with Crippen LogP contribution in [-0.4, -0.2) is 19.5 Å². The molecule has 3 heterocycles. The van der Waals surface area contributed by atoms with Gasteiger partial charge in [0.25, 0.3) is 5.56 Å². The second-order valence-electron chi connectivity index (χ2n) is 7.78. The Morgan fingerprint density at radius 2 is 1.97 bits per heavy atom. The third-order valence-electron chi connectivity index (χ3n) is 4.92. The van der Waals surface area contributed by atoms with Gasteiger partial charge in [0.1, 0.15) is 22.7 Å². The van der Waals surface area contributed by atoms with E-state index in [-0.39, 0.29) is 11.5 Å². The van der Waals surface area contributed by atoms with Gasteiger partial charge in [0, 0.05) is 28.1 Å². The molecular formula is C24H23BrN4O2S. The van der Waals surface area contributed by atoms with Crippen LogP contribution in [0.4, 0.5) is 0 Å². The molecule has 3 aromatic heterocycles. The van der Waals surface area contributed by atoms with Gasteiger partial charge in [-0.25, -0.2) is 9.97 Å². The van der Waals surface area contributed by atoms with Crippen LogP contribution in [0.25, 0.3) is 16.9 Å². The molecule has 6 nitrogen and oxygen atoms in total. The number of aryl methyl sites for hydroxylation is 2. The van der Waals surface area contributed by atoms with Crippen molar-refractivity contribution in [2.45, 2.75) is 40.2 Å². The molecule has 0 spiro atoms. The van der Waals surface area contributed by atoms with Gasteiger partial charge in [0.15, 0.2) is 0 Å². The molecule has 32 heavy (non-hydrogen) atoms. The lowest BCUT2D eigenvalue weighted by molar-refractivity contribution is 0.289. The van der Waals surface area contributed by atoms with Crippen LogP contribution in [0.15, 0.2) is 57.2 Å². The van der Waals surface area contributed by atoms with Crippen molar-refractivity contribution in [1.29, 1.82) is 0 Å². The fourth-order valence-electron chi connectivity index (χ4n) is 3.32. The largest absolute Gasteiger partial charge is 0.472 e. The molecule has 0 fully saturated rings. The standard InChI is InChI=1S/C24H23BrN4O2S/c1-14(2)22-26-9-8-20(28-22)18-6-5-7-19(11-18)29-16(4)27-23(21(25)24(29)30)31-12-17-10-15(3)32-13-17/h5-11,13-14H,12H2,1-4H3. The number of hydrogen-bond acceptors (Lipinski definition) is 6. The molecule has 0 atom stereocenters. The van der Waals surface area contributed by atoms with Crippen molar-refractivity contribution < 1.29 is 4.74 Å². The van der Waals surface area contributed by atoms with Crippen LogP contribution in [0.2, 0.25) is 0 Å². The Hall–Kier alpha value is -2.84. The van der Waals surface area contributed by atoms with Gasteiger partial charge in [-0.1, -0.05) is 26.0 Å². The second kappa shape index (κ2) is 9.34. The Kier molecular flexibility index (Phi) is 6.53. The van der Waals surface area contributed by atoms with Crippen molar-refractivity contribution in [2.24, 2.45) is 0 Å². The van der Waals surface area contributed by atoms with Gasteiger partial charge >= 0.3 is 0 Å². The second-order valence-corrected chi connectivity index (χ2v) is 9.69. The summed E-state index contributed by atoms with van der Waals surface area (Å²) in [5, 5.41) is 2.04. The third kappa shape index (κ3) is 4.66. The summed E-state index contributed by atoms with van der Waals surface area (Å²) in [5.74, 6) is 1.85. The van der Waals surface area contributed by atoms with Gasteiger partial charge in [-0.05, 0) is 59.4 Å². The first-order chi connectivity index (χ1) is 15.3. The third-order valence-corrected chi connectivity index (χ3v) is 6.51. The first kappa shape index (κ1) is 22.4. The van der Waals surface area contributed by atoms with Crippen molar-refractivity contribution in [3.8, 4) is 22.8 Å². The minimum absolute atomic E-state index is 0.225. The summed E-state index contributed by atoms with van der Waals surface area (Å²) < 4.78 is 7.70. The van der Waals surface area contributed by atoms with Crippen molar-refractivity contribution in [1.82, 2.24) is 19.5 Å². The van der Waals surface area contributed by atoms with Crippen LogP contribution in [0.1, 0.15) is 41.9 Å². The lowest BCUT2D eigenvalue weighted by Gasteiger charge is -2.14. The summed E-state index contributed by atoms with van der Waals surface area (Å²) in [7, 11) is 0. The normalized spacial score (nSPS) is 11.2. The van der Waals surface area contributed by atoms with E-state index in [4.69, 9.17) is 4.74 Å². The van der Waals surface area contributed by atoms with Gasteiger partial charge in [0.05, 0.1) is 11.4 Å².